The monoisotopic (exact) mass is 448 g/mol. The number of benzene rings is 1. The lowest BCUT2D eigenvalue weighted by molar-refractivity contribution is -0.133. The van der Waals surface area contributed by atoms with Crippen molar-refractivity contribution in [1.29, 1.82) is 0 Å². The maximum Gasteiger partial charge on any atom is 0.324 e. The van der Waals surface area contributed by atoms with Gasteiger partial charge < -0.3 is 9.80 Å². The van der Waals surface area contributed by atoms with E-state index in [0.717, 1.165) is 50.0 Å². The summed E-state index contributed by atoms with van der Waals surface area (Å²) < 4.78 is 28.4. The molecule has 3 amide bonds. The number of nitrogens with zero attached hydrogens (tertiary/aromatic N) is 3. The smallest absolute Gasteiger partial charge is 0.324 e. The number of hydrogen-bond acceptors (Lipinski definition) is 4. The van der Waals surface area contributed by atoms with Gasteiger partial charge in [-0.05, 0) is 68.7 Å². The van der Waals surface area contributed by atoms with Crippen molar-refractivity contribution < 1.29 is 18.0 Å². The number of urea groups is 1. The van der Waals surface area contributed by atoms with Crippen LogP contribution in [0.1, 0.15) is 45.1 Å². The van der Waals surface area contributed by atoms with Gasteiger partial charge in [-0.2, -0.15) is 4.72 Å². The van der Waals surface area contributed by atoms with Gasteiger partial charge in [0.1, 0.15) is 0 Å². The fourth-order valence-corrected chi connectivity index (χ4v) is 5.92. The number of amides is 3. The molecule has 4 rings (SSSR count). The van der Waals surface area contributed by atoms with Crippen LogP contribution in [-0.2, 0) is 21.2 Å². The molecule has 8 nitrogen and oxygen atoms in total. The van der Waals surface area contributed by atoms with Crippen LogP contribution in [0.3, 0.4) is 0 Å². The summed E-state index contributed by atoms with van der Waals surface area (Å²) in [6.45, 7) is 7.23. The molecule has 170 valence electrons. The van der Waals surface area contributed by atoms with Gasteiger partial charge in [-0.25, -0.2) is 13.2 Å². The van der Waals surface area contributed by atoms with Gasteiger partial charge in [-0.3, -0.25) is 9.69 Å². The van der Waals surface area contributed by atoms with E-state index in [2.05, 4.69) is 11.6 Å². The van der Waals surface area contributed by atoms with Gasteiger partial charge in [0, 0.05) is 38.4 Å². The summed E-state index contributed by atoms with van der Waals surface area (Å²) in [4.78, 5) is 30.9. The van der Waals surface area contributed by atoms with Crippen molar-refractivity contribution in [2.24, 2.45) is 5.92 Å². The predicted molar refractivity (Wildman–Crippen MR) is 118 cm³/mol. The van der Waals surface area contributed by atoms with Crippen molar-refractivity contribution in [2.75, 3.05) is 37.6 Å². The second kappa shape index (κ2) is 8.78. The molecule has 0 radical (unpaired) electrons. The predicted octanol–water partition coefficient (Wildman–Crippen LogP) is 2.19. The summed E-state index contributed by atoms with van der Waals surface area (Å²) in [6.07, 6.45) is 4.58. The van der Waals surface area contributed by atoms with Crippen LogP contribution in [0.2, 0.25) is 0 Å². The molecule has 3 aliphatic rings. The Labute approximate surface area is 184 Å². The Hall–Kier alpha value is -2.13. The number of likely N-dealkylation sites (tertiary alicyclic amines) is 2. The number of sulfonamides is 1. The van der Waals surface area contributed by atoms with Crippen molar-refractivity contribution in [2.45, 2.75) is 56.9 Å². The van der Waals surface area contributed by atoms with E-state index in [9.17, 15) is 18.0 Å². The normalized spacial score (nSPS) is 20.8. The van der Waals surface area contributed by atoms with Gasteiger partial charge in [-0.1, -0.05) is 6.92 Å². The number of fused-ring (bicyclic) bond motifs is 1. The highest BCUT2D eigenvalue weighted by Crippen LogP contribution is 2.31. The standard InChI is InChI=1S/C22H32N4O4S/c1-16-7-12-24(13-8-16)21(27)17(2)23-31(29,30)19-5-6-20-18(15-19)9-14-26(20)22(28)25-10-3-4-11-25/h5-6,15-17,23H,3-4,7-14H2,1-2H3. The van der Waals surface area contributed by atoms with Crippen LogP contribution in [-0.4, -0.2) is 68.9 Å². The number of piperidine rings is 1. The number of anilines is 1. The Bertz CT molecular complexity index is 950. The molecule has 0 aromatic heterocycles. The van der Waals surface area contributed by atoms with Crippen molar-refractivity contribution >= 4 is 27.6 Å². The Balaban J connectivity index is 1.44. The number of carbonyl (C=O) groups excluding carboxylic acids is 2. The van der Waals surface area contributed by atoms with Crippen molar-refractivity contribution in [3.63, 3.8) is 0 Å². The number of carbonyl (C=O) groups is 2. The maximum atomic E-state index is 12.9. The molecule has 9 heteroatoms. The largest absolute Gasteiger partial charge is 0.341 e. The molecule has 0 spiro atoms. The topological polar surface area (TPSA) is 90.0 Å². The summed E-state index contributed by atoms with van der Waals surface area (Å²) in [6, 6.07) is 4.05. The van der Waals surface area contributed by atoms with Gasteiger partial charge >= 0.3 is 6.03 Å². The Morgan fingerprint density at radius 1 is 1.03 bits per heavy atom. The van der Waals surface area contributed by atoms with E-state index < -0.39 is 16.1 Å². The van der Waals surface area contributed by atoms with E-state index >= 15 is 0 Å². The molecule has 0 aliphatic carbocycles. The molecule has 1 atom stereocenters. The Morgan fingerprint density at radius 3 is 2.39 bits per heavy atom. The molecule has 1 aromatic carbocycles. The van der Waals surface area contributed by atoms with Crippen molar-refractivity contribution in [1.82, 2.24) is 14.5 Å². The molecular weight excluding hydrogens is 416 g/mol. The highest BCUT2D eigenvalue weighted by Gasteiger charge is 2.32. The van der Waals surface area contributed by atoms with E-state index in [-0.39, 0.29) is 16.8 Å². The fraction of sp³-hybridized carbons (Fsp3) is 0.636. The Kier molecular flexibility index (Phi) is 6.25. The first kappa shape index (κ1) is 22.1. The third-order valence-electron chi connectivity index (χ3n) is 6.66. The van der Waals surface area contributed by atoms with Gasteiger partial charge in [0.2, 0.25) is 15.9 Å². The van der Waals surface area contributed by atoms with E-state index in [1.54, 1.807) is 28.9 Å². The lowest BCUT2D eigenvalue weighted by atomic mass is 9.99. The summed E-state index contributed by atoms with van der Waals surface area (Å²) >= 11 is 0. The molecule has 0 bridgehead atoms. The lowest BCUT2D eigenvalue weighted by Crippen LogP contribution is -2.49. The molecule has 1 N–H and O–H groups in total. The van der Waals surface area contributed by atoms with E-state index in [4.69, 9.17) is 0 Å². The molecule has 31 heavy (non-hydrogen) atoms. The average molecular weight is 449 g/mol. The minimum absolute atomic E-state index is 0.0000472. The summed E-state index contributed by atoms with van der Waals surface area (Å²) in [7, 11) is -3.84. The molecule has 2 saturated heterocycles. The first-order chi connectivity index (χ1) is 14.8. The first-order valence-electron chi connectivity index (χ1n) is 11.3. The van der Waals surface area contributed by atoms with E-state index in [0.29, 0.717) is 32.0 Å². The summed E-state index contributed by atoms with van der Waals surface area (Å²) in [5.74, 6) is 0.415. The number of nitrogens with one attached hydrogen (secondary N) is 1. The minimum atomic E-state index is -3.84. The average Bonchev–Trinajstić information content (AvgIpc) is 3.42. The van der Waals surface area contributed by atoms with Crippen LogP contribution in [0.25, 0.3) is 0 Å². The maximum absolute atomic E-state index is 12.9. The van der Waals surface area contributed by atoms with Gasteiger partial charge in [0.05, 0.1) is 10.9 Å². The van der Waals surface area contributed by atoms with Crippen LogP contribution in [0.5, 0.6) is 0 Å². The second-order valence-corrected chi connectivity index (χ2v) is 10.7. The second-order valence-electron chi connectivity index (χ2n) is 9.02. The molecule has 2 fully saturated rings. The van der Waals surface area contributed by atoms with Crippen LogP contribution in [0, 0.1) is 5.92 Å². The zero-order chi connectivity index (χ0) is 22.2. The van der Waals surface area contributed by atoms with Gasteiger partial charge in [0.25, 0.3) is 0 Å². The molecule has 0 saturated carbocycles. The van der Waals surface area contributed by atoms with Gasteiger partial charge in [0.15, 0.2) is 0 Å². The molecule has 3 heterocycles. The zero-order valence-corrected chi connectivity index (χ0v) is 19.2. The quantitative estimate of drug-likeness (QED) is 0.765. The highest BCUT2D eigenvalue weighted by atomic mass is 32.2. The van der Waals surface area contributed by atoms with Crippen LogP contribution in [0.4, 0.5) is 10.5 Å². The first-order valence-corrected chi connectivity index (χ1v) is 12.7. The van der Waals surface area contributed by atoms with Crippen LogP contribution >= 0.6 is 0 Å². The van der Waals surface area contributed by atoms with Crippen molar-refractivity contribution in [3.05, 3.63) is 23.8 Å². The lowest BCUT2D eigenvalue weighted by Gasteiger charge is -2.32. The molecular formula is C22H32N4O4S. The number of rotatable bonds is 4. The number of hydrogen-bond donors (Lipinski definition) is 1. The minimum Gasteiger partial charge on any atom is -0.341 e. The van der Waals surface area contributed by atoms with E-state index in [1.807, 2.05) is 4.90 Å². The van der Waals surface area contributed by atoms with Gasteiger partial charge in [-0.15, -0.1) is 0 Å². The zero-order valence-electron chi connectivity index (χ0n) is 18.3. The highest BCUT2D eigenvalue weighted by molar-refractivity contribution is 7.89. The summed E-state index contributed by atoms with van der Waals surface area (Å²) in [5.41, 5.74) is 1.63. The van der Waals surface area contributed by atoms with Crippen molar-refractivity contribution in [3.8, 4) is 0 Å². The molecule has 3 aliphatic heterocycles. The molecule has 1 unspecified atom stereocenters. The summed E-state index contributed by atoms with van der Waals surface area (Å²) in [5, 5.41) is 0. The van der Waals surface area contributed by atoms with E-state index in [1.165, 1.54) is 6.07 Å². The fourth-order valence-electron chi connectivity index (χ4n) is 4.68. The SMILES string of the molecule is CC1CCN(C(=O)C(C)NS(=O)(=O)c2ccc3c(c2)CCN3C(=O)N2CCCC2)CC1. The molecule has 1 aromatic rings. The third kappa shape index (κ3) is 4.57. The van der Waals surface area contributed by atoms with Crippen LogP contribution in [0.15, 0.2) is 23.1 Å². The Morgan fingerprint density at radius 2 is 1.71 bits per heavy atom. The third-order valence-corrected chi connectivity index (χ3v) is 8.20. The van der Waals surface area contributed by atoms with Crippen LogP contribution < -0.4 is 9.62 Å².